The van der Waals surface area contributed by atoms with E-state index in [4.69, 9.17) is 14.2 Å². The first-order valence-electron chi connectivity index (χ1n) is 5.74. The summed E-state index contributed by atoms with van der Waals surface area (Å²) in [5, 5.41) is 0. The van der Waals surface area contributed by atoms with E-state index in [1.54, 1.807) is 25.3 Å². The molecule has 0 radical (unpaired) electrons. The van der Waals surface area contributed by atoms with Crippen LogP contribution in [0.5, 0.6) is 5.75 Å². The van der Waals surface area contributed by atoms with E-state index >= 15 is 0 Å². The van der Waals surface area contributed by atoms with Crippen molar-refractivity contribution in [2.24, 2.45) is 0 Å². The van der Waals surface area contributed by atoms with Crippen LogP contribution in [0.1, 0.15) is 5.56 Å². The maximum atomic E-state index is 11.5. The van der Waals surface area contributed by atoms with Crippen LogP contribution in [0.3, 0.4) is 0 Å². The van der Waals surface area contributed by atoms with Crippen LogP contribution >= 0.6 is 0 Å². The van der Waals surface area contributed by atoms with Crippen molar-refractivity contribution in [2.45, 2.75) is 11.7 Å². The molecule has 1 atom stereocenters. The van der Waals surface area contributed by atoms with Crippen LogP contribution in [0.4, 0.5) is 0 Å². The van der Waals surface area contributed by atoms with E-state index in [1.807, 2.05) is 12.1 Å². The smallest absolute Gasteiger partial charge is 0.177 e. The molecule has 4 nitrogen and oxygen atoms in total. The van der Waals surface area contributed by atoms with E-state index in [-0.39, 0.29) is 0 Å². The van der Waals surface area contributed by atoms with Crippen LogP contribution < -0.4 is 4.74 Å². The van der Waals surface area contributed by atoms with Gasteiger partial charge in [-0.25, -0.2) is 0 Å². The Morgan fingerprint density at radius 3 is 2.39 bits per heavy atom. The molecule has 0 aliphatic carbocycles. The summed E-state index contributed by atoms with van der Waals surface area (Å²) in [6.07, 6.45) is 1.77. The summed E-state index contributed by atoms with van der Waals surface area (Å²) in [6.45, 7) is 4.73. The molecule has 96 valence electrons. The van der Waals surface area contributed by atoms with Gasteiger partial charge in [-0.15, -0.1) is 6.58 Å². The van der Waals surface area contributed by atoms with Crippen LogP contribution in [0.15, 0.2) is 36.9 Å². The van der Waals surface area contributed by atoms with Crippen molar-refractivity contribution in [3.8, 4) is 5.75 Å². The second-order valence-electron chi connectivity index (χ2n) is 4.06. The molecule has 4 heteroatoms. The van der Waals surface area contributed by atoms with E-state index in [1.165, 1.54) is 0 Å². The molecule has 1 heterocycles. The predicted molar refractivity (Wildman–Crippen MR) is 66.6 cm³/mol. The van der Waals surface area contributed by atoms with E-state index in [0.29, 0.717) is 13.2 Å². The van der Waals surface area contributed by atoms with Gasteiger partial charge in [-0.05, 0) is 17.7 Å². The molecule has 0 bridgehead atoms. The van der Waals surface area contributed by atoms with Crippen LogP contribution in [-0.4, -0.2) is 32.9 Å². The van der Waals surface area contributed by atoms with Gasteiger partial charge in [0.05, 0.1) is 20.3 Å². The maximum Gasteiger partial charge on any atom is 0.177 e. The molecule has 1 saturated heterocycles. The van der Waals surface area contributed by atoms with E-state index in [0.717, 1.165) is 17.6 Å². The third kappa shape index (κ3) is 2.05. The number of aldehydes is 1. The van der Waals surface area contributed by atoms with Crippen molar-refractivity contribution in [1.29, 1.82) is 0 Å². The predicted octanol–water partition coefficient (Wildman–Crippen LogP) is 1.69. The minimum Gasteiger partial charge on any atom is -0.497 e. The van der Waals surface area contributed by atoms with Crippen molar-refractivity contribution in [3.05, 3.63) is 42.5 Å². The average molecular weight is 248 g/mol. The van der Waals surface area contributed by atoms with Gasteiger partial charge in [0.15, 0.2) is 6.29 Å². The Bertz CT molecular complexity index is 410. The van der Waals surface area contributed by atoms with Gasteiger partial charge in [0.2, 0.25) is 0 Å². The molecule has 0 unspecified atom stereocenters. The lowest BCUT2D eigenvalue weighted by atomic mass is 9.81. The van der Waals surface area contributed by atoms with Gasteiger partial charge < -0.3 is 19.0 Å². The van der Waals surface area contributed by atoms with Gasteiger partial charge in [-0.1, -0.05) is 18.2 Å². The second kappa shape index (κ2) is 5.33. The van der Waals surface area contributed by atoms with Crippen molar-refractivity contribution in [2.75, 3.05) is 20.3 Å². The molecule has 0 N–H and O–H groups in total. The van der Waals surface area contributed by atoms with Gasteiger partial charge in [-0.2, -0.15) is 0 Å². The zero-order chi connectivity index (χ0) is 13.0. The topological polar surface area (TPSA) is 44.8 Å². The van der Waals surface area contributed by atoms with Crippen LogP contribution in [0.25, 0.3) is 0 Å². The molecule has 1 aromatic rings. The molecule has 1 aliphatic rings. The van der Waals surface area contributed by atoms with Crippen LogP contribution in [-0.2, 0) is 19.7 Å². The van der Waals surface area contributed by atoms with Crippen molar-refractivity contribution >= 4 is 6.29 Å². The van der Waals surface area contributed by atoms with E-state index in [9.17, 15) is 4.79 Å². The summed E-state index contributed by atoms with van der Waals surface area (Å²) in [5.74, 6) is 0.732. The van der Waals surface area contributed by atoms with Gasteiger partial charge >= 0.3 is 0 Å². The highest BCUT2D eigenvalue weighted by molar-refractivity contribution is 5.73. The summed E-state index contributed by atoms with van der Waals surface area (Å²) >= 11 is 0. The Kier molecular flexibility index (Phi) is 3.79. The Labute approximate surface area is 106 Å². The number of methoxy groups -OCH3 is 1. The van der Waals surface area contributed by atoms with E-state index < -0.39 is 11.7 Å². The highest BCUT2D eigenvalue weighted by Gasteiger charge is 2.41. The first-order chi connectivity index (χ1) is 8.76. The zero-order valence-electron chi connectivity index (χ0n) is 10.3. The lowest BCUT2D eigenvalue weighted by molar-refractivity contribution is -0.128. The number of carbonyl (C=O) groups excluding carboxylic acids is 1. The normalized spacial score (nSPS) is 19.2. The van der Waals surface area contributed by atoms with Gasteiger partial charge in [0, 0.05) is 0 Å². The number of ether oxygens (including phenoxy) is 3. The summed E-state index contributed by atoms with van der Waals surface area (Å²) < 4.78 is 16.0. The van der Waals surface area contributed by atoms with E-state index in [2.05, 4.69) is 6.58 Å². The highest BCUT2D eigenvalue weighted by atomic mass is 16.7. The quantitative estimate of drug-likeness (QED) is 0.587. The largest absolute Gasteiger partial charge is 0.497 e. The summed E-state index contributed by atoms with van der Waals surface area (Å²) in [5.41, 5.74) is -0.192. The third-order valence-corrected chi connectivity index (χ3v) is 3.13. The number of hydrogen-bond acceptors (Lipinski definition) is 4. The SMILES string of the molecule is C=C[C@](C=O)(c1ccc(OC)cc1)C1OCCO1. The van der Waals surface area contributed by atoms with Crippen LogP contribution in [0.2, 0.25) is 0 Å². The molecule has 1 aromatic carbocycles. The molecule has 1 aliphatic heterocycles. The second-order valence-corrected chi connectivity index (χ2v) is 4.06. The van der Waals surface area contributed by atoms with Gasteiger partial charge in [-0.3, -0.25) is 0 Å². The standard InChI is InChI=1S/C14H16O4/c1-3-14(10-15,13-17-8-9-18-13)11-4-6-12(16-2)7-5-11/h3-7,10,13H,1,8-9H2,2H3/t14-/m0/s1. The summed E-state index contributed by atoms with van der Waals surface area (Å²) in [6, 6.07) is 7.23. The van der Waals surface area contributed by atoms with Crippen molar-refractivity contribution in [3.63, 3.8) is 0 Å². The minimum atomic E-state index is -0.969. The fourth-order valence-corrected chi connectivity index (χ4v) is 2.04. The summed E-state index contributed by atoms with van der Waals surface area (Å²) in [7, 11) is 1.60. The number of rotatable bonds is 5. The Morgan fingerprint density at radius 1 is 1.33 bits per heavy atom. The monoisotopic (exact) mass is 248 g/mol. The highest BCUT2D eigenvalue weighted by Crippen LogP contribution is 2.33. The molecule has 18 heavy (non-hydrogen) atoms. The van der Waals surface area contributed by atoms with Gasteiger partial charge in [0.25, 0.3) is 0 Å². The fourth-order valence-electron chi connectivity index (χ4n) is 2.04. The van der Waals surface area contributed by atoms with Crippen LogP contribution in [0, 0.1) is 0 Å². The lowest BCUT2D eigenvalue weighted by Gasteiger charge is -2.29. The average Bonchev–Trinajstić information content (AvgIpc) is 2.96. The lowest BCUT2D eigenvalue weighted by Crippen LogP contribution is -2.40. The number of carbonyl (C=O) groups is 1. The zero-order valence-corrected chi connectivity index (χ0v) is 10.3. The molecule has 0 amide bonds. The van der Waals surface area contributed by atoms with Crippen molar-refractivity contribution in [1.82, 2.24) is 0 Å². The molecular weight excluding hydrogens is 232 g/mol. The number of hydrogen-bond donors (Lipinski definition) is 0. The summed E-state index contributed by atoms with van der Waals surface area (Å²) in [4.78, 5) is 11.5. The maximum absolute atomic E-state index is 11.5. The first kappa shape index (κ1) is 12.8. The molecule has 2 rings (SSSR count). The third-order valence-electron chi connectivity index (χ3n) is 3.13. The first-order valence-corrected chi connectivity index (χ1v) is 5.74. The Morgan fingerprint density at radius 2 is 1.94 bits per heavy atom. The van der Waals surface area contributed by atoms with Gasteiger partial charge in [0.1, 0.15) is 17.5 Å². The molecular formula is C14H16O4. The minimum absolute atomic E-state index is 0.490. The fraction of sp³-hybridized carbons (Fsp3) is 0.357. The molecule has 0 spiro atoms. The number of benzene rings is 1. The van der Waals surface area contributed by atoms with Crippen molar-refractivity contribution < 1.29 is 19.0 Å². The molecule has 0 aromatic heterocycles. The Hall–Kier alpha value is -1.65. The Balaban J connectivity index is 2.38. The molecule has 1 fully saturated rings. The molecule has 0 saturated carbocycles.